The lowest BCUT2D eigenvalue weighted by molar-refractivity contribution is -0.126. The molecule has 2 rings (SSSR count). The summed E-state index contributed by atoms with van der Waals surface area (Å²) in [4.78, 5) is 14.4. The number of nitrogens with zero attached hydrogens (tertiary/aromatic N) is 1. The molecule has 1 atom stereocenters. The van der Waals surface area contributed by atoms with Gasteiger partial charge in [-0.1, -0.05) is 0 Å². The first-order valence-corrected chi connectivity index (χ1v) is 7.38. The van der Waals surface area contributed by atoms with Gasteiger partial charge in [-0.15, -0.1) is 0 Å². The summed E-state index contributed by atoms with van der Waals surface area (Å²) in [6, 6.07) is 0. The first-order valence-electron chi connectivity index (χ1n) is 7.38. The van der Waals surface area contributed by atoms with Crippen LogP contribution in [0.25, 0.3) is 0 Å². The van der Waals surface area contributed by atoms with Crippen molar-refractivity contribution in [1.82, 2.24) is 15.5 Å². The van der Waals surface area contributed by atoms with Crippen LogP contribution in [0.5, 0.6) is 0 Å². The number of hydrogen-bond acceptors (Lipinski definition) is 4. The minimum atomic E-state index is 0.0655. The molecule has 2 fully saturated rings. The van der Waals surface area contributed by atoms with Gasteiger partial charge in [-0.25, -0.2) is 0 Å². The summed E-state index contributed by atoms with van der Waals surface area (Å²) < 4.78 is 5.45. The van der Waals surface area contributed by atoms with E-state index in [2.05, 4.69) is 29.6 Å². The number of carbonyl (C=O) groups excluding carboxylic acids is 1. The summed E-state index contributed by atoms with van der Waals surface area (Å²) in [5, 5.41) is 6.46. The molecule has 0 bridgehead atoms. The smallest absolute Gasteiger partial charge is 0.224 e. The predicted molar refractivity (Wildman–Crippen MR) is 75.1 cm³/mol. The van der Waals surface area contributed by atoms with E-state index in [4.69, 9.17) is 4.74 Å². The third-order valence-electron chi connectivity index (χ3n) is 4.63. The van der Waals surface area contributed by atoms with Crippen LogP contribution < -0.4 is 10.6 Å². The van der Waals surface area contributed by atoms with E-state index in [9.17, 15) is 4.79 Å². The van der Waals surface area contributed by atoms with Crippen molar-refractivity contribution >= 4 is 5.91 Å². The Morgan fingerprint density at radius 1 is 1.42 bits per heavy atom. The number of nitrogens with one attached hydrogen (secondary N) is 2. The standard InChI is InChI=1S/C14H27N3O2/c1-17(2)14(5-8-19-9-6-14)11-16-13(18)12-4-3-7-15-10-12/h12,15H,3-11H2,1-2H3,(H,16,18). The van der Waals surface area contributed by atoms with Crippen LogP contribution in [0.1, 0.15) is 25.7 Å². The van der Waals surface area contributed by atoms with Gasteiger partial charge in [0.15, 0.2) is 0 Å². The first-order chi connectivity index (χ1) is 9.14. The van der Waals surface area contributed by atoms with E-state index in [0.717, 1.165) is 58.5 Å². The second-order valence-electron chi connectivity index (χ2n) is 5.99. The molecule has 5 nitrogen and oxygen atoms in total. The fourth-order valence-corrected chi connectivity index (χ4v) is 3.01. The summed E-state index contributed by atoms with van der Waals surface area (Å²) in [5.41, 5.74) is 0.0655. The highest BCUT2D eigenvalue weighted by Crippen LogP contribution is 2.25. The van der Waals surface area contributed by atoms with Crippen LogP contribution >= 0.6 is 0 Å². The van der Waals surface area contributed by atoms with Gasteiger partial charge in [0.2, 0.25) is 5.91 Å². The van der Waals surface area contributed by atoms with Crippen LogP contribution in [0.4, 0.5) is 0 Å². The molecule has 2 N–H and O–H groups in total. The normalized spacial score (nSPS) is 27.2. The van der Waals surface area contributed by atoms with Crippen LogP contribution in [0.3, 0.4) is 0 Å². The largest absolute Gasteiger partial charge is 0.381 e. The number of rotatable bonds is 4. The zero-order valence-electron chi connectivity index (χ0n) is 12.2. The van der Waals surface area contributed by atoms with Crippen molar-refractivity contribution in [3.63, 3.8) is 0 Å². The fourth-order valence-electron chi connectivity index (χ4n) is 3.01. The van der Waals surface area contributed by atoms with Gasteiger partial charge in [0, 0.05) is 31.8 Å². The third-order valence-corrected chi connectivity index (χ3v) is 4.63. The van der Waals surface area contributed by atoms with Crippen LogP contribution in [0.2, 0.25) is 0 Å². The number of likely N-dealkylation sites (N-methyl/N-ethyl adjacent to an activating group) is 1. The topological polar surface area (TPSA) is 53.6 Å². The molecule has 2 heterocycles. The average Bonchev–Trinajstić information content (AvgIpc) is 2.46. The summed E-state index contributed by atoms with van der Waals surface area (Å²) in [6.45, 7) is 4.18. The molecule has 5 heteroatoms. The van der Waals surface area contributed by atoms with E-state index in [0.29, 0.717) is 0 Å². The molecule has 0 saturated carbocycles. The lowest BCUT2D eigenvalue weighted by atomic mass is 9.88. The Bertz CT molecular complexity index is 295. The SMILES string of the molecule is CN(C)C1(CNC(=O)C2CCCNC2)CCOCC1. The molecule has 0 aromatic heterocycles. The van der Waals surface area contributed by atoms with Gasteiger partial charge in [0.1, 0.15) is 0 Å². The lowest BCUT2D eigenvalue weighted by Gasteiger charge is -2.43. The Labute approximate surface area is 116 Å². The van der Waals surface area contributed by atoms with Crippen LogP contribution in [-0.2, 0) is 9.53 Å². The molecule has 110 valence electrons. The second-order valence-corrected chi connectivity index (χ2v) is 5.99. The van der Waals surface area contributed by atoms with E-state index in [1.54, 1.807) is 0 Å². The molecular weight excluding hydrogens is 242 g/mol. The summed E-state index contributed by atoms with van der Waals surface area (Å²) >= 11 is 0. The molecule has 2 saturated heterocycles. The summed E-state index contributed by atoms with van der Waals surface area (Å²) in [6.07, 6.45) is 4.09. The molecule has 0 spiro atoms. The van der Waals surface area contributed by atoms with Crippen molar-refractivity contribution in [3.8, 4) is 0 Å². The maximum atomic E-state index is 12.2. The Morgan fingerprint density at radius 2 is 2.16 bits per heavy atom. The molecule has 19 heavy (non-hydrogen) atoms. The van der Waals surface area contributed by atoms with Crippen molar-refractivity contribution in [2.24, 2.45) is 5.92 Å². The summed E-state index contributed by atoms with van der Waals surface area (Å²) in [5.74, 6) is 0.354. The Hall–Kier alpha value is -0.650. The number of hydrogen-bond donors (Lipinski definition) is 2. The molecule has 0 aliphatic carbocycles. The second kappa shape index (κ2) is 6.68. The molecule has 2 aliphatic rings. The molecule has 2 aliphatic heterocycles. The highest BCUT2D eigenvalue weighted by molar-refractivity contribution is 5.79. The van der Waals surface area contributed by atoms with Gasteiger partial charge in [0.25, 0.3) is 0 Å². The average molecular weight is 269 g/mol. The molecule has 0 radical (unpaired) electrons. The Morgan fingerprint density at radius 3 is 2.74 bits per heavy atom. The Balaban J connectivity index is 1.86. The molecule has 0 aromatic carbocycles. The van der Waals surface area contributed by atoms with E-state index >= 15 is 0 Å². The number of amides is 1. The Kier molecular flexibility index (Phi) is 5.19. The van der Waals surface area contributed by atoms with Crippen molar-refractivity contribution in [1.29, 1.82) is 0 Å². The van der Waals surface area contributed by atoms with E-state index in [-0.39, 0.29) is 17.4 Å². The van der Waals surface area contributed by atoms with Crippen molar-refractivity contribution in [2.45, 2.75) is 31.2 Å². The highest BCUT2D eigenvalue weighted by atomic mass is 16.5. The maximum Gasteiger partial charge on any atom is 0.224 e. The third kappa shape index (κ3) is 3.68. The minimum Gasteiger partial charge on any atom is -0.381 e. The highest BCUT2D eigenvalue weighted by Gasteiger charge is 2.35. The van der Waals surface area contributed by atoms with E-state index < -0.39 is 0 Å². The number of piperidine rings is 1. The number of ether oxygens (including phenoxy) is 1. The monoisotopic (exact) mass is 269 g/mol. The van der Waals surface area contributed by atoms with Crippen LogP contribution in [0.15, 0.2) is 0 Å². The van der Waals surface area contributed by atoms with Gasteiger partial charge >= 0.3 is 0 Å². The molecule has 0 aromatic rings. The lowest BCUT2D eigenvalue weighted by Crippen LogP contribution is -2.56. The quantitative estimate of drug-likeness (QED) is 0.766. The van der Waals surface area contributed by atoms with Gasteiger partial charge < -0.3 is 20.3 Å². The van der Waals surface area contributed by atoms with Gasteiger partial charge in [0.05, 0.1) is 5.92 Å². The van der Waals surface area contributed by atoms with Crippen molar-refractivity contribution in [2.75, 3.05) is 46.9 Å². The van der Waals surface area contributed by atoms with Crippen molar-refractivity contribution in [3.05, 3.63) is 0 Å². The van der Waals surface area contributed by atoms with E-state index in [1.165, 1.54) is 0 Å². The maximum absolute atomic E-state index is 12.2. The van der Waals surface area contributed by atoms with Crippen LogP contribution in [-0.4, -0.2) is 63.3 Å². The summed E-state index contributed by atoms with van der Waals surface area (Å²) in [7, 11) is 4.19. The predicted octanol–water partition coefficient (Wildman–Crippen LogP) is 0.213. The molecule has 1 unspecified atom stereocenters. The van der Waals surface area contributed by atoms with Gasteiger partial charge in [-0.2, -0.15) is 0 Å². The van der Waals surface area contributed by atoms with Gasteiger partial charge in [-0.3, -0.25) is 4.79 Å². The fraction of sp³-hybridized carbons (Fsp3) is 0.929. The zero-order valence-corrected chi connectivity index (χ0v) is 12.2. The first kappa shape index (κ1) is 14.8. The van der Waals surface area contributed by atoms with Gasteiger partial charge in [-0.05, 0) is 46.3 Å². The minimum absolute atomic E-state index is 0.0655. The van der Waals surface area contributed by atoms with E-state index in [1.807, 2.05) is 0 Å². The molecular formula is C14H27N3O2. The van der Waals surface area contributed by atoms with Crippen molar-refractivity contribution < 1.29 is 9.53 Å². The zero-order chi connectivity index (χ0) is 13.7. The number of carbonyl (C=O) groups is 1. The molecule has 1 amide bonds. The van der Waals surface area contributed by atoms with Crippen LogP contribution in [0, 0.1) is 5.92 Å².